The third-order valence-corrected chi connectivity index (χ3v) is 4.71. The summed E-state index contributed by atoms with van der Waals surface area (Å²) in [6.07, 6.45) is 1.62. The van der Waals surface area contributed by atoms with Crippen LogP contribution in [0.2, 0.25) is 0 Å². The first-order chi connectivity index (χ1) is 12.4. The fourth-order valence-electron chi connectivity index (χ4n) is 3.35. The molecule has 2 aliphatic heterocycles. The number of hydrogen-bond acceptors (Lipinski definition) is 2. The van der Waals surface area contributed by atoms with Crippen LogP contribution in [0.3, 0.4) is 0 Å². The van der Waals surface area contributed by atoms with Crippen LogP contribution in [0.15, 0.2) is 48.2 Å². The minimum Gasteiger partial charge on any atom is -0.338 e. The van der Waals surface area contributed by atoms with Crippen molar-refractivity contribution >= 4 is 11.9 Å². The van der Waals surface area contributed by atoms with E-state index in [9.17, 15) is 14.0 Å². The molecule has 6 nitrogen and oxygen atoms in total. The molecule has 3 rings (SSSR count). The van der Waals surface area contributed by atoms with Gasteiger partial charge in [-0.05, 0) is 6.07 Å². The zero-order valence-electron chi connectivity index (χ0n) is 15.1. The van der Waals surface area contributed by atoms with Crippen molar-refractivity contribution in [2.45, 2.75) is 6.04 Å². The van der Waals surface area contributed by atoms with E-state index in [-0.39, 0.29) is 11.9 Å². The summed E-state index contributed by atoms with van der Waals surface area (Å²) in [6.45, 7) is 5.71. The monoisotopic (exact) mass is 359 g/mol. The molecule has 1 aromatic carbocycles. The maximum absolute atomic E-state index is 14.3. The molecule has 2 N–H and O–H groups in total. The number of hydrogen-bond donors (Lipinski definition) is 2. The van der Waals surface area contributed by atoms with Gasteiger partial charge in [0.05, 0.1) is 51.0 Å². The van der Waals surface area contributed by atoms with E-state index in [0.29, 0.717) is 36.5 Å². The zero-order valence-corrected chi connectivity index (χ0v) is 15.1. The third-order valence-electron chi connectivity index (χ3n) is 4.71. The second-order valence-corrected chi connectivity index (χ2v) is 6.85. The Balaban J connectivity index is 2.00. The lowest BCUT2D eigenvalue weighted by molar-refractivity contribution is -0.857. The van der Waals surface area contributed by atoms with Gasteiger partial charge in [0, 0.05) is 12.1 Å². The SMILES string of the molecule is C=CCN1C(=O)N[C@H](c2ccccc2F)C2=C1CN(CC[NH+](C)C)C2=O. The number of carbonyl (C=O) groups is 2. The van der Waals surface area contributed by atoms with Gasteiger partial charge in [0.1, 0.15) is 5.82 Å². The van der Waals surface area contributed by atoms with Crippen LogP contribution in [0.25, 0.3) is 0 Å². The van der Waals surface area contributed by atoms with Crippen molar-refractivity contribution in [3.05, 3.63) is 59.6 Å². The van der Waals surface area contributed by atoms with Crippen molar-refractivity contribution < 1.29 is 18.9 Å². The molecule has 2 heterocycles. The van der Waals surface area contributed by atoms with E-state index in [2.05, 4.69) is 11.9 Å². The van der Waals surface area contributed by atoms with E-state index in [1.54, 1.807) is 29.2 Å². The number of nitrogens with one attached hydrogen (secondary N) is 2. The highest BCUT2D eigenvalue weighted by molar-refractivity contribution is 6.01. The molecule has 0 aromatic heterocycles. The Morgan fingerprint density at radius 1 is 1.35 bits per heavy atom. The summed E-state index contributed by atoms with van der Waals surface area (Å²) in [5, 5.41) is 2.78. The largest absolute Gasteiger partial charge is 0.338 e. The fourth-order valence-corrected chi connectivity index (χ4v) is 3.35. The van der Waals surface area contributed by atoms with Gasteiger partial charge in [0.25, 0.3) is 5.91 Å². The molecule has 2 aliphatic rings. The summed E-state index contributed by atoms with van der Waals surface area (Å²) in [5.41, 5.74) is 1.39. The second-order valence-electron chi connectivity index (χ2n) is 6.85. The zero-order chi connectivity index (χ0) is 18.8. The summed E-state index contributed by atoms with van der Waals surface area (Å²) in [4.78, 5) is 30.1. The van der Waals surface area contributed by atoms with Gasteiger partial charge < -0.3 is 15.1 Å². The lowest BCUT2D eigenvalue weighted by atomic mass is 9.95. The van der Waals surface area contributed by atoms with Gasteiger partial charge in [0.2, 0.25) is 0 Å². The van der Waals surface area contributed by atoms with Crippen molar-refractivity contribution in [1.29, 1.82) is 0 Å². The Morgan fingerprint density at radius 3 is 2.73 bits per heavy atom. The Morgan fingerprint density at radius 2 is 2.08 bits per heavy atom. The molecule has 3 amide bonds. The number of halogens is 1. The Bertz CT molecular complexity index is 775. The molecular formula is C19H24FN4O2+. The first kappa shape index (κ1) is 18.1. The van der Waals surface area contributed by atoms with E-state index in [0.717, 1.165) is 6.54 Å². The molecule has 0 radical (unpaired) electrons. The van der Waals surface area contributed by atoms with E-state index in [1.165, 1.54) is 15.9 Å². The molecule has 1 atom stereocenters. The normalized spacial score (nSPS) is 19.9. The highest BCUT2D eigenvalue weighted by Crippen LogP contribution is 2.36. The van der Waals surface area contributed by atoms with Gasteiger partial charge in [-0.25, -0.2) is 9.18 Å². The molecular weight excluding hydrogens is 335 g/mol. The van der Waals surface area contributed by atoms with Crippen LogP contribution in [0.4, 0.5) is 9.18 Å². The van der Waals surface area contributed by atoms with Crippen LogP contribution >= 0.6 is 0 Å². The van der Waals surface area contributed by atoms with Crippen molar-refractivity contribution in [3.8, 4) is 0 Å². The lowest BCUT2D eigenvalue weighted by Gasteiger charge is -2.33. The van der Waals surface area contributed by atoms with Crippen LogP contribution in [0, 0.1) is 5.82 Å². The van der Waals surface area contributed by atoms with E-state index in [1.807, 2.05) is 14.1 Å². The Labute approximate surface area is 152 Å². The standard InChI is InChI=1S/C19H23FN4O2/c1-4-9-24-15-12-23(11-10-22(2)3)18(25)16(15)17(21-19(24)26)13-7-5-6-8-14(13)20/h4-8,17H,1,9-12H2,2-3H3,(H,21,26)/p+1/t17-/m1/s1. The van der Waals surface area contributed by atoms with Gasteiger partial charge in [-0.2, -0.15) is 0 Å². The summed E-state index contributed by atoms with van der Waals surface area (Å²) in [7, 11) is 4.04. The van der Waals surface area contributed by atoms with Crippen LogP contribution in [-0.4, -0.2) is 62.0 Å². The topological polar surface area (TPSA) is 57.1 Å². The molecule has 0 spiro atoms. The van der Waals surface area contributed by atoms with Crippen molar-refractivity contribution in [1.82, 2.24) is 15.1 Å². The van der Waals surface area contributed by atoms with Crippen molar-refractivity contribution in [2.75, 3.05) is 40.3 Å². The average molecular weight is 359 g/mol. The highest BCUT2D eigenvalue weighted by Gasteiger charge is 2.44. The van der Waals surface area contributed by atoms with Gasteiger partial charge in [-0.15, -0.1) is 6.58 Å². The van der Waals surface area contributed by atoms with Crippen LogP contribution in [-0.2, 0) is 4.79 Å². The molecule has 0 unspecified atom stereocenters. The average Bonchev–Trinajstić information content (AvgIpc) is 2.93. The highest BCUT2D eigenvalue weighted by atomic mass is 19.1. The number of rotatable bonds is 6. The molecule has 0 aliphatic carbocycles. The van der Waals surface area contributed by atoms with Gasteiger partial charge in [-0.1, -0.05) is 24.3 Å². The smallest absolute Gasteiger partial charge is 0.322 e. The third kappa shape index (κ3) is 3.22. The summed E-state index contributed by atoms with van der Waals surface area (Å²) >= 11 is 0. The predicted molar refractivity (Wildman–Crippen MR) is 95.9 cm³/mol. The molecule has 0 saturated heterocycles. The van der Waals surface area contributed by atoms with Gasteiger partial charge in [-0.3, -0.25) is 9.69 Å². The number of urea groups is 1. The number of carbonyl (C=O) groups excluding carboxylic acids is 2. The molecule has 0 bridgehead atoms. The Kier molecular flexibility index (Phi) is 5.08. The molecule has 138 valence electrons. The number of nitrogens with zero attached hydrogens (tertiary/aromatic N) is 2. The van der Waals surface area contributed by atoms with Crippen LogP contribution in [0.1, 0.15) is 11.6 Å². The number of likely N-dealkylation sites (N-methyl/N-ethyl adjacent to an activating group) is 1. The van der Waals surface area contributed by atoms with Crippen LogP contribution in [0.5, 0.6) is 0 Å². The van der Waals surface area contributed by atoms with Crippen LogP contribution < -0.4 is 10.2 Å². The minimum atomic E-state index is -0.774. The summed E-state index contributed by atoms with van der Waals surface area (Å²) in [6, 6.07) is 5.12. The first-order valence-corrected chi connectivity index (χ1v) is 8.68. The number of benzene rings is 1. The maximum Gasteiger partial charge on any atom is 0.322 e. The first-order valence-electron chi connectivity index (χ1n) is 8.68. The minimum absolute atomic E-state index is 0.149. The van der Waals surface area contributed by atoms with E-state index < -0.39 is 11.9 Å². The molecule has 26 heavy (non-hydrogen) atoms. The van der Waals surface area contributed by atoms with E-state index in [4.69, 9.17) is 0 Å². The predicted octanol–water partition coefficient (Wildman–Crippen LogP) is 0.319. The molecule has 7 heteroatoms. The maximum atomic E-state index is 14.3. The number of amides is 3. The van der Waals surface area contributed by atoms with Crippen molar-refractivity contribution in [2.24, 2.45) is 0 Å². The van der Waals surface area contributed by atoms with Crippen molar-refractivity contribution in [3.63, 3.8) is 0 Å². The lowest BCUT2D eigenvalue weighted by Crippen LogP contribution is -3.06. The fraction of sp³-hybridized carbons (Fsp3) is 0.368. The molecule has 0 fully saturated rings. The van der Waals surface area contributed by atoms with E-state index >= 15 is 0 Å². The molecule has 1 aromatic rings. The quantitative estimate of drug-likeness (QED) is 0.719. The molecule has 0 saturated carbocycles. The summed E-state index contributed by atoms with van der Waals surface area (Å²) < 4.78 is 14.3. The van der Waals surface area contributed by atoms with Gasteiger partial charge in [0.15, 0.2) is 0 Å². The Hall–Kier alpha value is -2.67. The number of quaternary nitrogens is 1. The second kappa shape index (κ2) is 7.29. The van der Waals surface area contributed by atoms with Gasteiger partial charge >= 0.3 is 6.03 Å². The summed E-state index contributed by atoms with van der Waals surface area (Å²) in [5.74, 6) is -0.589.